The van der Waals surface area contributed by atoms with Crippen LogP contribution in [0.4, 0.5) is 4.79 Å². The third-order valence-electron chi connectivity index (χ3n) is 4.52. The number of piperidine rings is 1. The maximum Gasteiger partial charge on any atom is 0.409 e. The van der Waals surface area contributed by atoms with Crippen molar-refractivity contribution >= 4 is 17.1 Å². The van der Waals surface area contributed by atoms with Crippen LogP contribution in [0.2, 0.25) is 0 Å². The van der Waals surface area contributed by atoms with Crippen LogP contribution >= 0.6 is 0 Å². The van der Waals surface area contributed by atoms with Crippen LogP contribution in [0.5, 0.6) is 0 Å². The summed E-state index contributed by atoms with van der Waals surface area (Å²) in [7, 11) is 0. The van der Waals surface area contributed by atoms with E-state index >= 15 is 0 Å². The minimum atomic E-state index is -0.169. The number of likely N-dealkylation sites (tertiary alicyclic amines) is 1. The van der Waals surface area contributed by atoms with Crippen molar-refractivity contribution in [3.63, 3.8) is 0 Å². The molecule has 1 saturated heterocycles. The predicted molar refractivity (Wildman–Crippen MR) is 90.6 cm³/mol. The van der Waals surface area contributed by atoms with Gasteiger partial charge < -0.3 is 14.6 Å². The van der Waals surface area contributed by atoms with E-state index in [1.54, 1.807) is 0 Å². The molecular formula is C18H25N3O2. The third kappa shape index (κ3) is 3.66. The average Bonchev–Trinajstić information content (AvgIpc) is 2.98. The maximum absolute atomic E-state index is 12.0. The van der Waals surface area contributed by atoms with Gasteiger partial charge in [-0.1, -0.05) is 19.4 Å². The topological polar surface area (TPSA) is 58.2 Å². The molecule has 23 heavy (non-hydrogen) atoms. The second-order valence-corrected chi connectivity index (χ2v) is 6.37. The number of H-pyrrole nitrogens is 1. The van der Waals surface area contributed by atoms with Crippen LogP contribution < -0.4 is 0 Å². The van der Waals surface area contributed by atoms with Gasteiger partial charge in [0.2, 0.25) is 0 Å². The van der Waals surface area contributed by atoms with Crippen LogP contribution in [0.1, 0.15) is 49.9 Å². The van der Waals surface area contributed by atoms with Crippen molar-refractivity contribution in [1.29, 1.82) is 0 Å². The number of rotatable bonds is 4. The summed E-state index contributed by atoms with van der Waals surface area (Å²) in [4.78, 5) is 22.0. The number of hydrogen-bond donors (Lipinski definition) is 1. The molecule has 1 aliphatic heterocycles. The molecule has 124 valence electrons. The monoisotopic (exact) mass is 315 g/mol. The van der Waals surface area contributed by atoms with Gasteiger partial charge in [0, 0.05) is 19.0 Å². The Kier molecular flexibility index (Phi) is 4.84. The van der Waals surface area contributed by atoms with Gasteiger partial charge in [0.25, 0.3) is 0 Å². The molecule has 5 heteroatoms. The highest BCUT2D eigenvalue weighted by molar-refractivity contribution is 5.76. The van der Waals surface area contributed by atoms with E-state index in [0.29, 0.717) is 12.5 Å². The summed E-state index contributed by atoms with van der Waals surface area (Å²) < 4.78 is 5.29. The SMILES string of the molecule is CCCCOC(=O)N1CCC(c2nc3ccc(C)cc3[nH]2)CC1. The first kappa shape index (κ1) is 15.8. The molecule has 0 saturated carbocycles. The summed E-state index contributed by atoms with van der Waals surface area (Å²) >= 11 is 0. The van der Waals surface area contributed by atoms with Gasteiger partial charge in [-0.05, 0) is 43.9 Å². The molecule has 1 aliphatic rings. The van der Waals surface area contributed by atoms with Crippen molar-refractivity contribution in [2.75, 3.05) is 19.7 Å². The summed E-state index contributed by atoms with van der Waals surface area (Å²) in [6.45, 7) is 6.19. The lowest BCUT2D eigenvalue weighted by molar-refractivity contribution is 0.0912. The van der Waals surface area contributed by atoms with Crippen molar-refractivity contribution in [3.05, 3.63) is 29.6 Å². The zero-order valence-corrected chi connectivity index (χ0v) is 14.0. The van der Waals surface area contributed by atoms with Gasteiger partial charge in [-0.2, -0.15) is 0 Å². The van der Waals surface area contributed by atoms with Crippen LogP contribution in [-0.2, 0) is 4.74 Å². The number of carbonyl (C=O) groups is 1. The quantitative estimate of drug-likeness (QED) is 0.868. The Balaban J connectivity index is 1.58. The number of aromatic nitrogens is 2. The standard InChI is InChI=1S/C18H25N3O2/c1-3-4-11-23-18(22)21-9-7-14(8-10-21)17-19-15-6-5-13(2)12-16(15)20-17/h5-6,12,14H,3-4,7-11H2,1-2H3,(H,19,20). The molecule has 3 rings (SSSR count). The Hall–Kier alpha value is -2.04. The summed E-state index contributed by atoms with van der Waals surface area (Å²) in [5.74, 6) is 1.44. The summed E-state index contributed by atoms with van der Waals surface area (Å²) in [5, 5.41) is 0. The summed E-state index contributed by atoms with van der Waals surface area (Å²) in [5.41, 5.74) is 3.35. The molecule has 0 spiro atoms. The second kappa shape index (κ2) is 7.02. The van der Waals surface area contributed by atoms with E-state index in [1.807, 2.05) is 4.90 Å². The molecule has 0 aliphatic carbocycles. The van der Waals surface area contributed by atoms with Crippen molar-refractivity contribution < 1.29 is 9.53 Å². The Labute approximate surface area is 137 Å². The fourth-order valence-electron chi connectivity index (χ4n) is 3.07. The zero-order chi connectivity index (χ0) is 16.2. The Morgan fingerprint density at radius 3 is 2.91 bits per heavy atom. The van der Waals surface area contributed by atoms with Gasteiger partial charge in [-0.25, -0.2) is 9.78 Å². The van der Waals surface area contributed by atoms with Gasteiger partial charge in [-0.3, -0.25) is 0 Å². The number of unbranched alkanes of at least 4 members (excludes halogenated alkanes) is 1. The number of hydrogen-bond acceptors (Lipinski definition) is 3. The molecule has 0 radical (unpaired) electrons. The lowest BCUT2D eigenvalue weighted by Crippen LogP contribution is -2.38. The van der Waals surface area contributed by atoms with Gasteiger partial charge >= 0.3 is 6.09 Å². The largest absolute Gasteiger partial charge is 0.449 e. The van der Waals surface area contributed by atoms with Gasteiger partial charge in [0.1, 0.15) is 5.82 Å². The smallest absolute Gasteiger partial charge is 0.409 e. The number of nitrogens with one attached hydrogen (secondary N) is 1. The first-order valence-electron chi connectivity index (χ1n) is 8.55. The average molecular weight is 315 g/mol. The fraction of sp³-hybridized carbons (Fsp3) is 0.556. The Morgan fingerprint density at radius 1 is 1.39 bits per heavy atom. The van der Waals surface area contributed by atoms with E-state index in [9.17, 15) is 4.79 Å². The lowest BCUT2D eigenvalue weighted by atomic mass is 9.96. The highest BCUT2D eigenvalue weighted by Gasteiger charge is 2.26. The molecule has 1 fully saturated rings. The van der Waals surface area contributed by atoms with Gasteiger partial charge in [-0.15, -0.1) is 0 Å². The van der Waals surface area contributed by atoms with Gasteiger partial charge in [0.15, 0.2) is 0 Å². The Bertz CT molecular complexity index is 672. The molecule has 5 nitrogen and oxygen atoms in total. The number of imidazole rings is 1. The number of amides is 1. The van der Waals surface area contributed by atoms with Crippen LogP contribution in [0.3, 0.4) is 0 Å². The van der Waals surface area contributed by atoms with E-state index in [2.05, 4.69) is 37.0 Å². The van der Waals surface area contributed by atoms with Crippen LogP contribution in [0.25, 0.3) is 11.0 Å². The van der Waals surface area contributed by atoms with Crippen LogP contribution in [-0.4, -0.2) is 40.7 Å². The molecular weight excluding hydrogens is 290 g/mol. The molecule has 2 heterocycles. The number of aryl methyl sites for hydroxylation is 1. The van der Waals surface area contributed by atoms with Crippen molar-refractivity contribution in [3.8, 4) is 0 Å². The number of carbonyl (C=O) groups excluding carboxylic acids is 1. The molecule has 1 aromatic carbocycles. The van der Waals surface area contributed by atoms with Crippen LogP contribution in [0.15, 0.2) is 18.2 Å². The molecule has 1 aromatic heterocycles. The van der Waals surface area contributed by atoms with E-state index in [4.69, 9.17) is 9.72 Å². The maximum atomic E-state index is 12.0. The Morgan fingerprint density at radius 2 is 2.17 bits per heavy atom. The van der Waals surface area contributed by atoms with E-state index in [0.717, 1.165) is 55.6 Å². The highest BCUT2D eigenvalue weighted by Crippen LogP contribution is 2.28. The normalized spacial score (nSPS) is 16.0. The van der Waals surface area contributed by atoms with Crippen LogP contribution in [0, 0.1) is 6.92 Å². The molecule has 2 aromatic rings. The van der Waals surface area contributed by atoms with Gasteiger partial charge in [0.05, 0.1) is 17.6 Å². The van der Waals surface area contributed by atoms with Crippen molar-refractivity contribution in [2.24, 2.45) is 0 Å². The number of benzene rings is 1. The molecule has 0 bridgehead atoms. The first-order chi connectivity index (χ1) is 11.2. The predicted octanol–water partition coefficient (Wildman–Crippen LogP) is 3.99. The van der Waals surface area contributed by atoms with E-state index in [1.165, 1.54) is 5.56 Å². The number of fused-ring (bicyclic) bond motifs is 1. The summed E-state index contributed by atoms with van der Waals surface area (Å²) in [6.07, 6.45) is 3.67. The second-order valence-electron chi connectivity index (χ2n) is 6.37. The molecule has 0 unspecified atom stereocenters. The number of nitrogens with zero attached hydrogens (tertiary/aromatic N) is 2. The lowest BCUT2D eigenvalue weighted by Gasteiger charge is -2.30. The third-order valence-corrected chi connectivity index (χ3v) is 4.52. The minimum absolute atomic E-state index is 0.169. The van der Waals surface area contributed by atoms with Crippen molar-refractivity contribution in [2.45, 2.75) is 45.4 Å². The number of ether oxygens (including phenoxy) is 1. The molecule has 1 N–H and O–H groups in total. The minimum Gasteiger partial charge on any atom is -0.449 e. The van der Waals surface area contributed by atoms with E-state index in [-0.39, 0.29) is 6.09 Å². The molecule has 1 amide bonds. The van der Waals surface area contributed by atoms with Crippen molar-refractivity contribution in [1.82, 2.24) is 14.9 Å². The molecule has 0 atom stereocenters. The fourth-order valence-corrected chi connectivity index (χ4v) is 3.07. The summed E-state index contributed by atoms with van der Waals surface area (Å²) in [6, 6.07) is 6.28. The zero-order valence-electron chi connectivity index (χ0n) is 14.0. The highest BCUT2D eigenvalue weighted by atomic mass is 16.6. The van der Waals surface area contributed by atoms with E-state index < -0.39 is 0 Å². The number of aromatic amines is 1. The first-order valence-corrected chi connectivity index (χ1v) is 8.55.